The number of hydrogen-bond acceptors (Lipinski definition) is 7. The molecule has 1 aromatic carbocycles. The lowest BCUT2D eigenvalue weighted by Crippen LogP contribution is -2.33. The van der Waals surface area contributed by atoms with E-state index >= 15 is 0 Å². The highest BCUT2D eigenvalue weighted by Crippen LogP contribution is 2.11. The molecular formula is C16H19ClN4O4. The Labute approximate surface area is 149 Å². The SMILES string of the molecule is NC(=O)c1ccc(OCCNCC(O)COc2ccc(Cl)nn2)cc1. The summed E-state index contributed by atoms with van der Waals surface area (Å²) in [6, 6.07) is 9.69. The average Bonchev–Trinajstić information content (AvgIpc) is 2.61. The van der Waals surface area contributed by atoms with E-state index in [-0.39, 0.29) is 11.8 Å². The van der Waals surface area contributed by atoms with Crippen LogP contribution in [0.5, 0.6) is 11.6 Å². The highest BCUT2D eigenvalue weighted by molar-refractivity contribution is 6.29. The molecule has 2 rings (SSSR count). The van der Waals surface area contributed by atoms with E-state index < -0.39 is 12.0 Å². The van der Waals surface area contributed by atoms with Crippen LogP contribution in [0, 0.1) is 0 Å². The number of nitrogens with two attached hydrogens (primary N) is 1. The molecule has 1 heterocycles. The van der Waals surface area contributed by atoms with Gasteiger partial charge in [-0.05, 0) is 30.3 Å². The summed E-state index contributed by atoms with van der Waals surface area (Å²) in [6.45, 7) is 1.37. The van der Waals surface area contributed by atoms with E-state index in [1.807, 2.05) is 0 Å². The monoisotopic (exact) mass is 366 g/mol. The highest BCUT2D eigenvalue weighted by Gasteiger charge is 2.06. The molecule has 1 atom stereocenters. The minimum absolute atomic E-state index is 0.0821. The van der Waals surface area contributed by atoms with Gasteiger partial charge in [0.25, 0.3) is 0 Å². The Kier molecular flexibility index (Phi) is 7.39. The van der Waals surface area contributed by atoms with Gasteiger partial charge in [0.1, 0.15) is 25.1 Å². The summed E-state index contributed by atoms with van der Waals surface area (Å²) in [7, 11) is 0. The van der Waals surface area contributed by atoms with E-state index in [1.54, 1.807) is 36.4 Å². The van der Waals surface area contributed by atoms with E-state index in [9.17, 15) is 9.90 Å². The molecule has 1 unspecified atom stereocenters. The molecule has 1 aromatic heterocycles. The van der Waals surface area contributed by atoms with Crippen molar-refractivity contribution in [3.63, 3.8) is 0 Å². The number of aliphatic hydroxyl groups excluding tert-OH is 1. The molecule has 2 aromatic rings. The lowest BCUT2D eigenvalue weighted by atomic mass is 10.2. The van der Waals surface area contributed by atoms with Gasteiger partial charge in [-0.3, -0.25) is 4.79 Å². The minimum Gasteiger partial charge on any atom is -0.492 e. The van der Waals surface area contributed by atoms with Crippen LogP contribution in [0.25, 0.3) is 0 Å². The third-order valence-electron chi connectivity index (χ3n) is 3.10. The molecule has 1 amide bonds. The Bertz CT molecular complexity index is 667. The van der Waals surface area contributed by atoms with E-state index in [2.05, 4.69) is 15.5 Å². The topological polar surface area (TPSA) is 120 Å². The number of benzene rings is 1. The number of amides is 1. The average molecular weight is 367 g/mol. The molecule has 0 bridgehead atoms. The molecule has 25 heavy (non-hydrogen) atoms. The van der Waals surface area contributed by atoms with Crippen molar-refractivity contribution >= 4 is 17.5 Å². The molecule has 0 spiro atoms. The number of primary amides is 1. The number of nitrogens with one attached hydrogen (secondary N) is 1. The van der Waals surface area contributed by atoms with Crippen LogP contribution in [0.2, 0.25) is 5.15 Å². The molecule has 0 saturated carbocycles. The third-order valence-corrected chi connectivity index (χ3v) is 3.30. The number of ether oxygens (including phenoxy) is 2. The van der Waals surface area contributed by atoms with Gasteiger partial charge in [0.05, 0.1) is 0 Å². The van der Waals surface area contributed by atoms with Crippen LogP contribution in [0.1, 0.15) is 10.4 Å². The molecule has 9 heteroatoms. The second kappa shape index (κ2) is 9.77. The zero-order valence-corrected chi connectivity index (χ0v) is 14.1. The molecule has 0 radical (unpaired) electrons. The zero-order valence-electron chi connectivity index (χ0n) is 13.4. The minimum atomic E-state index is -0.702. The Hall–Kier alpha value is -2.42. The number of hydrogen-bond donors (Lipinski definition) is 3. The fraction of sp³-hybridized carbons (Fsp3) is 0.312. The van der Waals surface area contributed by atoms with Gasteiger partial charge in [-0.15, -0.1) is 10.2 Å². The van der Waals surface area contributed by atoms with Gasteiger partial charge in [0, 0.05) is 24.7 Å². The molecule has 8 nitrogen and oxygen atoms in total. The first-order valence-electron chi connectivity index (χ1n) is 7.58. The van der Waals surface area contributed by atoms with Crippen molar-refractivity contribution in [3.8, 4) is 11.6 Å². The van der Waals surface area contributed by atoms with Crippen LogP contribution in [-0.2, 0) is 0 Å². The summed E-state index contributed by atoms with van der Waals surface area (Å²) in [5.41, 5.74) is 5.59. The number of aromatic nitrogens is 2. The second-order valence-corrected chi connectivity index (χ2v) is 5.49. The number of halogens is 1. The quantitative estimate of drug-likeness (QED) is 0.528. The van der Waals surface area contributed by atoms with Crippen LogP contribution in [0.15, 0.2) is 36.4 Å². The summed E-state index contributed by atoms with van der Waals surface area (Å²) < 4.78 is 10.8. The summed E-state index contributed by atoms with van der Waals surface area (Å²) >= 11 is 5.62. The summed E-state index contributed by atoms with van der Waals surface area (Å²) in [4.78, 5) is 11.0. The predicted molar refractivity (Wildman–Crippen MR) is 91.9 cm³/mol. The second-order valence-electron chi connectivity index (χ2n) is 5.10. The Morgan fingerprint density at radius 2 is 1.96 bits per heavy atom. The van der Waals surface area contributed by atoms with Crippen molar-refractivity contribution in [3.05, 3.63) is 47.1 Å². The van der Waals surface area contributed by atoms with Crippen LogP contribution in [0.3, 0.4) is 0 Å². The Morgan fingerprint density at radius 3 is 2.60 bits per heavy atom. The number of carbonyl (C=O) groups is 1. The first-order chi connectivity index (χ1) is 12.0. The van der Waals surface area contributed by atoms with Gasteiger partial charge in [-0.25, -0.2) is 0 Å². The first-order valence-corrected chi connectivity index (χ1v) is 7.96. The lowest BCUT2D eigenvalue weighted by molar-refractivity contribution is 0.1000. The molecule has 4 N–H and O–H groups in total. The van der Waals surface area contributed by atoms with Gasteiger partial charge < -0.3 is 25.6 Å². The number of aliphatic hydroxyl groups is 1. The number of nitrogens with zero attached hydrogens (tertiary/aromatic N) is 2. The van der Waals surface area contributed by atoms with Crippen LogP contribution in [-0.4, -0.2) is 53.6 Å². The molecule has 0 saturated heterocycles. The maximum atomic E-state index is 11.0. The molecule has 0 aliphatic heterocycles. The number of rotatable bonds is 10. The molecular weight excluding hydrogens is 348 g/mol. The van der Waals surface area contributed by atoms with Crippen molar-refractivity contribution in [1.29, 1.82) is 0 Å². The standard InChI is InChI=1S/C16H19ClN4O4/c17-14-5-6-15(21-20-14)25-10-12(22)9-19-7-8-24-13-3-1-11(2-4-13)16(18)23/h1-6,12,19,22H,7-10H2,(H2,18,23). The molecule has 134 valence electrons. The fourth-order valence-electron chi connectivity index (χ4n) is 1.85. The van der Waals surface area contributed by atoms with E-state index in [0.29, 0.717) is 36.9 Å². The van der Waals surface area contributed by atoms with Gasteiger partial charge in [-0.1, -0.05) is 11.6 Å². The fourth-order valence-corrected chi connectivity index (χ4v) is 1.95. The van der Waals surface area contributed by atoms with Crippen molar-refractivity contribution in [1.82, 2.24) is 15.5 Å². The van der Waals surface area contributed by atoms with Crippen LogP contribution in [0.4, 0.5) is 0 Å². The van der Waals surface area contributed by atoms with Crippen molar-refractivity contribution < 1.29 is 19.4 Å². The van der Waals surface area contributed by atoms with Crippen molar-refractivity contribution in [2.75, 3.05) is 26.3 Å². The summed E-state index contributed by atoms with van der Waals surface area (Å²) in [5, 5.41) is 20.5. The molecule has 0 aliphatic carbocycles. The van der Waals surface area contributed by atoms with Gasteiger partial charge in [-0.2, -0.15) is 0 Å². The van der Waals surface area contributed by atoms with Gasteiger partial charge in [0.2, 0.25) is 11.8 Å². The largest absolute Gasteiger partial charge is 0.492 e. The van der Waals surface area contributed by atoms with Gasteiger partial charge in [0.15, 0.2) is 5.15 Å². The summed E-state index contributed by atoms with van der Waals surface area (Å²) in [6.07, 6.45) is -0.702. The van der Waals surface area contributed by atoms with Crippen LogP contribution < -0.4 is 20.5 Å². The van der Waals surface area contributed by atoms with Crippen molar-refractivity contribution in [2.24, 2.45) is 5.73 Å². The smallest absolute Gasteiger partial charge is 0.248 e. The Balaban J connectivity index is 1.57. The molecule has 0 fully saturated rings. The van der Waals surface area contributed by atoms with Crippen LogP contribution >= 0.6 is 11.6 Å². The Morgan fingerprint density at radius 1 is 1.20 bits per heavy atom. The first kappa shape index (κ1) is 18.9. The third kappa shape index (κ3) is 6.92. The van der Waals surface area contributed by atoms with Gasteiger partial charge >= 0.3 is 0 Å². The normalized spacial score (nSPS) is 11.8. The summed E-state index contributed by atoms with van der Waals surface area (Å²) in [5.74, 6) is 0.456. The maximum absolute atomic E-state index is 11.0. The van der Waals surface area contributed by atoms with E-state index in [1.165, 1.54) is 0 Å². The molecule has 0 aliphatic rings. The van der Waals surface area contributed by atoms with E-state index in [0.717, 1.165) is 0 Å². The van der Waals surface area contributed by atoms with E-state index in [4.69, 9.17) is 26.8 Å². The number of carbonyl (C=O) groups excluding carboxylic acids is 1. The predicted octanol–water partition coefficient (Wildman–Crippen LogP) is 0.637. The highest BCUT2D eigenvalue weighted by atomic mass is 35.5. The maximum Gasteiger partial charge on any atom is 0.248 e. The zero-order chi connectivity index (χ0) is 18.1. The lowest BCUT2D eigenvalue weighted by Gasteiger charge is -2.13. The van der Waals surface area contributed by atoms with Crippen molar-refractivity contribution in [2.45, 2.75) is 6.10 Å².